The Morgan fingerprint density at radius 2 is 1.78 bits per heavy atom. The van der Waals surface area contributed by atoms with E-state index in [2.05, 4.69) is 15.9 Å². The highest BCUT2D eigenvalue weighted by atomic mass is 79.9. The van der Waals surface area contributed by atoms with Crippen LogP contribution in [0.25, 0.3) is 11.1 Å². The van der Waals surface area contributed by atoms with Crippen molar-refractivity contribution in [3.63, 3.8) is 0 Å². The van der Waals surface area contributed by atoms with Gasteiger partial charge in [-0.05, 0) is 35.4 Å². The van der Waals surface area contributed by atoms with E-state index in [4.69, 9.17) is 34.8 Å². The Morgan fingerprint density at radius 3 is 2.44 bits per heavy atom. The zero-order valence-corrected chi connectivity index (χ0v) is 12.8. The van der Waals surface area contributed by atoms with E-state index in [0.29, 0.717) is 31.5 Å². The zero-order chi connectivity index (χ0) is 13.3. The second-order valence-corrected chi connectivity index (χ2v) is 5.47. The highest BCUT2D eigenvalue weighted by Crippen LogP contribution is 2.37. The van der Waals surface area contributed by atoms with Gasteiger partial charge in [0.15, 0.2) is 0 Å². The molecule has 2 rings (SSSR count). The van der Waals surface area contributed by atoms with Crippen LogP contribution in [0.2, 0.25) is 15.1 Å². The van der Waals surface area contributed by atoms with Crippen LogP contribution < -0.4 is 0 Å². The first-order valence-electron chi connectivity index (χ1n) is 5.02. The Hall–Kier alpha value is -0.280. The van der Waals surface area contributed by atoms with Crippen LogP contribution in [0.4, 0.5) is 4.39 Å². The molecule has 0 nitrogen and oxygen atoms in total. The van der Waals surface area contributed by atoms with Gasteiger partial charge >= 0.3 is 0 Å². The van der Waals surface area contributed by atoms with Crippen molar-refractivity contribution >= 4 is 50.7 Å². The highest BCUT2D eigenvalue weighted by molar-refractivity contribution is 9.08. The van der Waals surface area contributed by atoms with Crippen molar-refractivity contribution in [3.8, 4) is 11.1 Å². The fraction of sp³-hybridized carbons (Fsp3) is 0.0769. The van der Waals surface area contributed by atoms with Gasteiger partial charge in [-0.25, -0.2) is 4.39 Å². The molecule has 0 atom stereocenters. The summed E-state index contributed by atoms with van der Waals surface area (Å²) in [6.45, 7) is 0. The minimum absolute atomic E-state index is 0.264. The van der Waals surface area contributed by atoms with Crippen LogP contribution >= 0.6 is 50.7 Å². The predicted molar refractivity (Wildman–Crippen MR) is 79.5 cm³/mol. The topological polar surface area (TPSA) is 0 Å². The summed E-state index contributed by atoms with van der Waals surface area (Å²) >= 11 is 21.3. The van der Waals surface area contributed by atoms with Crippen molar-refractivity contribution in [2.75, 3.05) is 0 Å². The van der Waals surface area contributed by atoms with Crippen LogP contribution in [0, 0.1) is 5.82 Å². The van der Waals surface area contributed by atoms with E-state index < -0.39 is 0 Å². The third kappa shape index (κ3) is 2.83. The van der Waals surface area contributed by atoms with Gasteiger partial charge in [-0.3, -0.25) is 0 Å². The van der Waals surface area contributed by atoms with Gasteiger partial charge in [0.05, 0.1) is 10.0 Å². The molecule has 0 radical (unpaired) electrons. The van der Waals surface area contributed by atoms with E-state index in [9.17, 15) is 4.39 Å². The summed E-state index contributed by atoms with van der Waals surface area (Å²) in [5.74, 6) is -0.264. The maximum Gasteiger partial charge on any atom is 0.127 e. The molecule has 0 aromatic heterocycles. The summed E-state index contributed by atoms with van der Waals surface area (Å²) in [5, 5.41) is 1.71. The summed E-state index contributed by atoms with van der Waals surface area (Å²) in [5.41, 5.74) is 2.02. The first kappa shape index (κ1) is 14.1. The van der Waals surface area contributed by atoms with Crippen LogP contribution in [0.5, 0.6) is 0 Å². The number of rotatable bonds is 2. The lowest BCUT2D eigenvalue weighted by molar-refractivity contribution is 0.618. The van der Waals surface area contributed by atoms with E-state index >= 15 is 0 Å². The van der Waals surface area contributed by atoms with Gasteiger partial charge in [0.1, 0.15) is 5.82 Å². The van der Waals surface area contributed by atoms with Crippen molar-refractivity contribution in [2.24, 2.45) is 0 Å². The maximum absolute atomic E-state index is 13.4. The smallest absolute Gasteiger partial charge is 0.127 e. The van der Waals surface area contributed by atoms with E-state index in [1.165, 1.54) is 6.07 Å². The van der Waals surface area contributed by atoms with E-state index in [-0.39, 0.29) is 5.82 Å². The number of benzene rings is 2. The average molecular weight is 368 g/mol. The standard InChI is InChI=1S/C13H7BrCl3F/c14-6-8-3-7(1-2-12(8)18)10-4-9(15)5-11(16)13(10)17/h1-5H,6H2. The summed E-state index contributed by atoms with van der Waals surface area (Å²) < 4.78 is 13.4. The molecule has 2 aromatic carbocycles. The molecule has 94 valence electrons. The van der Waals surface area contributed by atoms with E-state index in [1.54, 1.807) is 24.3 Å². The molecule has 0 amide bonds. The molecule has 0 N–H and O–H groups in total. The zero-order valence-electron chi connectivity index (χ0n) is 8.98. The SMILES string of the molecule is Fc1ccc(-c2cc(Cl)cc(Cl)c2Cl)cc1CBr. The monoisotopic (exact) mass is 366 g/mol. The Morgan fingerprint density at radius 1 is 1.06 bits per heavy atom. The Labute approximate surface area is 128 Å². The second kappa shape index (κ2) is 5.79. The van der Waals surface area contributed by atoms with Gasteiger partial charge in [-0.2, -0.15) is 0 Å². The Bertz CT molecular complexity index is 599. The number of alkyl halides is 1. The fourth-order valence-electron chi connectivity index (χ4n) is 1.61. The molecule has 0 bridgehead atoms. The van der Waals surface area contributed by atoms with Crippen molar-refractivity contribution in [1.82, 2.24) is 0 Å². The number of hydrogen-bond acceptors (Lipinski definition) is 0. The van der Waals surface area contributed by atoms with Gasteiger partial charge in [-0.1, -0.05) is 56.8 Å². The summed E-state index contributed by atoms with van der Waals surface area (Å²) in [6, 6.07) is 8.05. The molecule has 0 saturated heterocycles. The van der Waals surface area contributed by atoms with Crippen LogP contribution in [0.15, 0.2) is 30.3 Å². The first-order chi connectivity index (χ1) is 8.52. The van der Waals surface area contributed by atoms with Crippen LogP contribution in [0.3, 0.4) is 0 Å². The lowest BCUT2D eigenvalue weighted by atomic mass is 10.0. The quantitative estimate of drug-likeness (QED) is 0.428. The van der Waals surface area contributed by atoms with Crippen molar-refractivity contribution < 1.29 is 4.39 Å². The summed E-state index contributed by atoms with van der Waals surface area (Å²) in [4.78, 5) is 0. The summed E-state index contributed by atoms with van der Waals surface area (Å²) in [7, 11) is 0. The molecule has 0 fully saturated rings. The number of hydrogen-bond donors (Lipinski definition) is 0. The van der Waals surface area contributed by atoms with E-state index in [1.807, 2.05) is 0 Å². The lowest BCUT2D eigenvalue weighted by Gasteiger charge is -2.09. The van der Waals surface area contributed by atoms with Gasteiger partial charge < -0.3 is 0 Å². The number of halogens is 5. The third-order valence-corrected chi connectivity index (χ3v) is 4.12. The Kier molecular flexibility index (Phi) is 4.54. The molecule has 0 aliphatic heterocycles. The molecule has 0 unspecified atom stereocenters. The molecule has 0 aliphatic carbocycles. The van der Waals surface area contributed by atoms with Gasteiger partial charge in [0.2, 0.25) is 0 Å². The molecule has 5 heteroatoms. The molecule has 18 heavy (non-hydrogen) atoms. The third-order valence-electron chi connectivity index (χ3n) is 2.49. The van der Waals surface area contributed by atoms with Crippen molar-refractivity contribution in [1.29, 1.82) is 0 Å². The van der Waals surface area contributed by atoms with Crippen LogP contribution in [-0.4, -0.2) is 0 Å². The molecule has 2 aromatic rings. The largest absolute Gasteiger partial charge is 0.207 e. The van der Waals surface area contributed by atoms with Gasteiger partial charge in [0.25, 0.3) is 0 Å². The fourth-order valence-corrected chi connectivity index (χ4v) is 2.75. The minimum Gasteiger partial charge on any atom is -0.207 e. The summed E-state index contributed by atoms with van der Waals surface area (Å²) in [6.07, 6.45) is 0. The van der Waals surface area contributed by atoms with Crippen molar-refractivity contribution in [2.45, 2.75) is 5.33 Å². The minimum atomic E-state index is -0.264. The second-order valence-electron chi connectivity index (χ2n) is 3.69. The maximum atomic E-state index is 13.4. The first-order valence-corrected chi connectivity index (χ1v) is 7.27. The van der Waals surface area contributed by atoms with E-state index in [0.717, 1.165) is 5.56 Å². The molecule has 0 spiro atoms. The molecular weight excluding hydrogens is 361 g/mol. The van der Waals surface area contributed by atoms with Crippen molar-refractivity contribution in [3.05, 3.63) is 56.8 Å². The molecular formula is C13H7BrCl3F. The molecule has 0 saturated carbocycles. The lowest BCUT2D eigenvalue weighted by Crippen LogP contribution is -1.88. The average Bonchev–Trinajstić information content (AvgIpc) is 2.34. The molecule has 0 aliphatic rings. The predicted octanol–water partition coefficient (Wildman–Crippen LogP) is 6.35. The Balaban J connectivity index is 2.62. The van der Waals surface area contributed by atoms with Gasteiger partial charge in [-0.15, -0.1) is 0 Å². The van der Waals surface area contributed by atoms with Crippen LogP contribution in [-0.2, 0) is 5.33 Å². The highest BCUT2D eigenvalue weighted by Gasteiger charge is 2.11. The normalized spacial score (nSPS) is 10.7. The van der Waals surface area contributed by atoms with Gasteiger partial charge in [0, 0.05) is 15.9 Å². The molecule has 0 heterocycles. The van der Waals surface area contributed by atoms with Crippen LogP contribution in [0.1, 0.15) is 5.56 Å².